The van der Waals surface area contributed by atoms with Gasteiger partial charge in [-0.3, -0.25) is 4.79 Å². The summed E-state index contributed by atoms with van der Waals surface area (Å²) < 4.78 is 5.37. The zero-order valence-electron chi connectivity index (χ0n) is 12.4. The number of hydrogen-bond donors (Lipinski definition) is 0. The fourth-order valence-corrected chi connectivity index (χ4v) is 2.13. The van der Waals surface area contributed by atoms with E-state index in [1.165, 1.54) is 0 Å². The lowest BCUT2D eigenvalue weighted by atomic mass is 10.1. The zero-order chi connectivity index (χ0) is 15.5. The minimum absolute atomic E-state index is 0.0699. The molecule has 0 aliphatic carbocycles. The van der Waals surface area contributed by atoms with Crippen LogP contribution in [0.15, 0.2) is 59.0 Å². The molecular formula is C17H15N3O2. The van der Waals surface area contributed by atoms with Crippen LogP contribution in [0, 0.1) is 6.92 Å². The molecule has 2 aromatic carbocycles. The zero-order valence-corrected chi connectivity index (χ0v) is 12.4. The molecule has 0 atom stereocenters. The molecule has 0 saturated carbocycles. The summed E-state index contributed by atoms with van der Waals surface area (Å²) in [7, 11) is 1.76. The minimum atomic E-state index is -0.0699. The lowest BCUT2D eigenvalue weighted by Crippen LogP contribution is -2.25. The highest BCUT2D eigenvalue weighted by atomic mass is 16.4. The van der Waals surface area contributed by atoms with Crippen molar-refractivity contribution in [3.05, 3.63) is 66.1 Å². The van der Waals surface area contributed by atoms with Gasteiger partial charge in [-0.25, -0.2) is 0 Å². The highest BCUT2D eigenvalue weighted by Crippen LogP contribution is 2.20. The van der Waals surface area contributed by atoms with E-state index >= 15 is 0 Å². The van der Waals surface area contributed by atoms with Gasteiger partial charge in [0.05, 0.1) is 0 Å². The summed E-state index contributed by atoms with van der Waals surface area (Å²) in [5, 5.41) is 7.76. The number of aromatic nitrogens is 2. The molecule has 0 saturated heterocycles. The molecule has 5 heteroatoms. The molecule has 3 aromatic rings. The highest BCUT2D eigenvalue weighted by molar-refractivity contribution is 6.05. The van der Waals surface area contributed by atoms with Crippen LogP contribution in [0.5, 0.6) is 0 Å². The molecule has 1 heterocycles. The van der Waals surface area contributed by atoms with E-state index in [-0.39, 0.29) is 5.91 Å². The first kappa shape index (κ1) is 14.0. The van der Waals surface area contributed by atoms with E-state index in [9.17, 15) is 4.79 Å². The smallest absolute Gasteiger partial charge is 0.258 e. The van der Waals surface area contributed by atoms with E-state index in [1.54, 1.807) is 43.1 Å². The highest BCUT2D eigenvalue weighted by Gasteiger charge is 2.14. The third-order valence-corrected chi connectivity index (χ3v) is 3.35. The molecule has 110 valence electrons. The number of para-hydroxylation sites is 1. The first-order chi connectivity index (χ1) is 10.6. The Morgan fingerprint density at radius 1 is 1.00 bits per heavy atom. The van der Waals surface area contributed by atoms with Crippen molar-refractivity contribution in [3.8, 4) is 11.5 Å². The van der Waals surface area contributed by atoms with Crippen molar-refractivity contribution < 1.29 is 9.21 Å². The van der Waals surface area contributed by atoms with Crippen LogP contribution in [0.1, 0.15) is 16.2 Å². The summed E-state index contributed by atoms with van der Waals surface area (Å²) >= 11 is 0. The van der Waals surface area contributed by atoms with Crippen molar-refractivity contribution in [2.24, 2.45) is 0 Å². The number of carbonyl (C=O) groups excluding carboxylic acids is 1. The fraction of sp³-hybridized carbons (Fsp3) is 0.118. The van der Waals surface area contributed by atoms with Gasteiger partial charge in [0.25, 0.3) is 5.91 Å². The summed E-state index contributed by atoms with van der Waals surface area (Å²) in [6.45, 7) is 1.74. The number of amides is 1. The van der Waals surface area contributed by atoms with Crippen molar-refractivity contribution >= 4 is 11.6 Å². The molecule has 0 N–H and O–H groups in total. The van der Waals surface area contributed by atoms with Gasteiger partial charge in [0.1, 0.15) is 0 Å². The first-order valence-electron chi connectivity index (χ1n) is 6.89. The van der Waals surface area contributed by atoms with Crippen molar-refractivity contribution in [2.75, 3.05) is 11.9 Å². The largest absolute Gasteiger partial charge is 0.421 e. The Bertz CT molecular complexity index is 779. The third kappa shape index (κ3) is 2.74. The van der Waals surface area contributed by atoms with Crippen molar-refractivity contribution in [3.63, 3.8) is 0 Å². The monoisotopic (exact) mass is 293 g/mol. The normalized spacial score (nSPS) is 10.5. The maximum absolute atomic E-state index is 12.5. The predicted molar refractivity (Wildman–Crippen MR) is 83.6 cm³/mol. The summed E-state index contributed by atoms with van der Waals surface area (Å²) in [5.74, 6) is 0.895. The van der Waals surface area contributed by atoms with Gasteiger partial charge in [-0.05, 0) is 36.4 Å². The standard InChI is InChI=1S/C17H15N3O2/c1-12-18-19-16(22-12)13-8-10-14(11-9-13)17(21)20(2)15-6-4-3-5-7-15/h3-11H,1-2H3. The number of carbonyl (C=O) groups is 1. The van der Waals surface area contributed by atoms with Gasteiger partial charge < -0.3 is 9.32 Å². The Kier molecular flexibility index (Phi) is 3.70. The number of nitrogens with zero attached hydrogens (tertiary/aromatic N) is 3. The predicted octanol–water partition coefficient (Wildman–Crippen LogP) is 3.32. The van der Waals surface area contributed by atoms with Gasteiger partial charge in [-0.2, -0.15) is 0 Å². The molecule has 0 fully saturated rings. The fourth-order valence-electron chi connectivity index (χ4n) is 2.13. The Hall–Kier alpha value is -2.95. The van der Waals surface area contributed by atoms with Gasteiger partial charge in [-0.15, -0.1) is 10.2 Å². The third-order valence-electron chi connectivity index (χ3n) is 3.35. The number of hydrogen-bond acceptors (Lipinski definition) is 4. The van der Waals surface area contributed by atoms with Gasteiger partial charge in [0.2, 0.25) is 11.8 Å². The Balaban J connectivity index is 1.82. The van der Waals surface area contributed by atoms with Gasteiger partial charge in [-0.1, -0.05) is 18.2 Å². The van der Waals surface area contributed by atoms with Crippen LogP contribution in [0.4, 0.5) is 5.69 Å². The summed E-state index contributed by atoms with van der Waals surface area (Å²) in [6, 6.07) is 16.6. The molecule has 0 aliphatic rings. The van der Waals surface area contributed by atoms with Crippen LogP contribution in [-0.2, 0) is 0 Å². The molecule has 0 aliphatic heterocycles. The van der Waals surface area contributed by atoms with Crippen molar-refractivity contribution in [2.45, 2.75) is 6.92 Å². The topological polar surface area (TPSA) is 59.2 Å². The lowest BCUT2D eigenvalue weighted by molar-refractivity contribution is 0.0993. The maximum Gasteiger partial charge on any atom is 0.258 e. The van der Waals surface area contributed by atoms with Crippen LogP contribution >= 0.6 is 0 Å². The lowest BCUT2D eigenvalue weighted by Gasteiger charge is -2.17. The van der Waals surface area contributed by atoms with Crippen LogP contribution in [-0.4, -0.2) is 23.2 Å². The van der Waals surface area contributed by atoms with Crippen molar-refractivity contribution in [1.82, 2.24) is 10.2 Å². The van der Waals surface area contributed by atoms with E-state index in [2.05, 4.69) is 10.2 Å². The van der Waals surface area contributed by atoms with Gasteiger partial charge >= 0.3 is 0 Å². The van der Waals surface area contributed by atoms with E-state index in [0.717, 1.165) is 11.3 Å². The molecule has 0 bridgehead atoms. The number of benzene rings is 2. The second-order valence-electron chi connectivity index (χ2n) is 4.90. The number of anilines is 1. The molecule has 5 nitrogen and oxygen atoms in total. The molecule has 22 heavy (non-hydrogen) atoms. The summed E-state index contributed by atoms with van der Waals surface area (Å²) in [5.41, 5.74) is 2.25. The number of aryl methyl sites for hydroxylation is 1. The first-order valence-corrected chi connectivity index (χ1v) is 6.89. The van der Waals surface area contributed by atoms with Gasteiger partial charge in [0, 0.05) is 30.8 Å². The van der Waals surface area contributed by atoms with Crippen LogP contribution in [0.25, 0.3) is 11.5 Å². The molecule has 0 spiro atoms. The maximum atomic E-state index is 12.5. The van der Waals surface area contributed by atoms with Crippen LogP contribution < -0.4 is 4.90 Å². The second-order valence-corrected chi connectivity index (χ2v) is 4.90. The number of rotatable bonds is 3. The van der Waals surface area contributed by atoms with E-state index in [1.807, 2.05) is 30.3 Å². The Morgan fingerprint density at radius 2 is 1.68 bits per heavy atom. The van der Waals surface area contributed by atoms with Crippen LogP contribution in [0.2, 0.25) is 0 Å². The average Bonchev–Trinajstić information content (AvgIpc) is 3.01. The second kappa shape index (κ2) is 5.81. The van der Waals surface area contributed by atoms with E-state index < -0.39 is 0 Å². The SMILES string of the molecule is Cc1nnc(-c2ccc(C(=O)N(C)c3ccccc3)cc2)o1. The van der Waals surface area contributed by atoms with E-state index in [4.69, 9.17) is 4.42 Å². The quantitative estimate of drug-likeness (QED) is 0.743. The minimum Gasteiger partial charge on any atom is -0.421 e. The molecule has 0 radical (unpaired) electrons. The average molecular weight is 293 g/mol. The van der Waals surface area contributed by atoms with E-state index in [0.29, 0.717) is 17.3 Å². The Labute approximate surface area is 128 Å². The summed E-state index contributed by atoms with van der Waals surface area (Å²) in [6.07, 6.45) is 0. The molecule has 0 unspecified atom stereocenters. The molecule has 1 aromatic heterocycles. The van der Waals surface area contributed by atoms with Crippen LogP contribution in [0.3, 0.4) is 0 Å². The molecule has 3 rings (SSSR count). The molecule has 1 amide bonds. The van der Waals surface area contributed by atoms with Gasteiger partial charge in [0.15, 0.2) is 0 Å². The molecular weight excluding hydrogens is 278 g/mol. The Morgan fingerprint density at radius 3 is 2.27 bits per heavy atom. The summed E-state index contributed by atoms with van der Waals surface area (Å²) in [4.78, 5) is 14.1. The van der Waals surface area contributed by atoms with Crippen molar-refractivity contribution in [1.29, 1.82) is 0 Å².